The van der Waals surface area contributed by atoms with Crippen molar-refractivity contribution in [2.75, 3.05) is 11.9 Å². The molecule has 2 amide bonds. The topological polar surface area (TPSA) is 119 Å². The average molecular weight is 358 g/mol. The Hall–Kier alpha value is -3.23. The number of anilines is 1. The lowest BCUT2D eigenvalue weighted by Crippen LogP contribution is -2.39. The fourth-order valence-electron chi connectivity index (χ4n) is 2.62. The molecule has 0 unspecified atom stereocenters. The number of benzene rings is 1. The normalized spacial score (nSPS) is 13.3. The van der Waals surface area contributed by atoms with Crippen molar-refractivity contribution >= 4 is 23.3 Å². The first-order valence-corrected chi connectivity index (χ1v) is 8.14. The molecule has 0 atom stereocenters. The van der Waals surface area contributed by atoms with E-state index in [1.807, 2.05) is 0 Å². The van der Waals surface area contributed by atoms with Crippen LogP contribution in [-0.2, 0) is 4.79 Å². The molecule has 0 bridgehead atoms. The van der Waals surface area contributed by atoms with Gasteiger partial charge in [0.25, 0.3) is 11.6 Å². The molecule has 1 aromatic heterocycles. The predicted octanol–water partition coefficient (Wildman–Crippen LogP) is 2.44. The Morgan fingerprint density at radius 3 is 2.65 bits per heavy atom. The van der Waals surface area contributed by atoms with Gasteiger partial charge in [0, 0.05) is 29.3 Å². The standard InChI is InChI=1S/C17H18N4O5/c1-10-3-4-12(8-14(10)21(24)25)17(23)20(13-5-6-13)9-16(22)18-15-7-11(2)26-19-15/h3-4,7-8,13H,5-6,9H2,1-2H3,(H,18,19,22). The third-order valence-corrected chi connectivity index (χ3v) is 4.11. The minimum Gasteiger partial charge on any atom is -0.360 e. The first-order chi connectivity index (χ1) is 12.3. The van der Waals surface area contributed by atoms with E-state index < -0.39 is 16.7 Å². The van der Waals surface area contributed by atoms with Crippen LogP contribution >= 0.6 is 0 Å². The first-order valence-electron chi connectivity index (χ1n) is 8.14. The fourth-order valence-corrected chi connectivity index (χ4v) is 2.62. The number of carbonyl (C=O) groups is 2. The third kappa shape index (κ3) is 3.88. The molecule has 1 heterocycles. The highest BCUT2D eigenvalue weighted by atomic mass is 16.6. The molecule has 1 aromatic carbocycles. The van der Waals surface area contributed by atoms with Crippen molar-refractivity contribution in [2.24, 2.45) is 0 Å². The Morgan fingerprint density at radius 2 is 2.08 bits per heavy atom. The lowest BCUT2D eigenvalue weighted by atomic mass is 10.1. The van der Waals surface area contributed by atoms with Crippen LogP contribution in [0.2, 0.25) is 0 Å². The predicted molar refractivity (Wildman–Crippen MR) is 91.8 cm³/mol. The molecule has 1 N–H and O–H groups in total. The van der Waals surface area contributed by atoms with Crippen LogP contribution in [0.1, 0.15) is 34.5 Å². The number of amides is 2. The molecular formula is C17H18N4O5. The molecule has 1 aliphatic carbocycles. The lowest BCUT2D eigenvalue weighted by Gasteiger charge is -2.21. The van der Waals surface area contributed by atoms with Crippen molar-refractivity contribution in [2.45, 2.75) is 32.7 Å². The number of rotatable bonds is 6. The Balaban J connectivity index is 1.75. The minimum absolute atomic E-state index is 0.0346. The van der Waals surface area contributed by atoms with E-state index in [2.05, 4.69) is 10.5 Å². The van der Waals surface area contributed by atoms with Gasteiger partial charge in [-0.3, -0.25) is 19.7 Å². The van der Waals surface area contributed by atoms with Gasteiger partial charge in [-0.2, -0.15) is 0 Å². The van der Waals surface area contributed by atoms with Gasteiger partial charge in [0.2, 0.25) is 5.91 Å². The number of nitro groups is 1. The molecule has 0 saturated heterocycles. The molecule has 0 radical (unpaired) electrons. The summed E-state index contributed by atoms with van der Waals surface area (Å²) in [7, 11) is 0. The van der Waals surface area contributed by atoms with Crippen molar-refractivity contribution in [3.63, 3.8) is 0 Å². The van der Waals surface area contributed by atoms with Gasteiger partial charge in [-0.25, -0.2) is 0 Å². The van der Waals surface area contributed by atoms with Crippen molar-refractivity contribution in [3.05, 3.63) is 51.3 Å². The van der Waals surface area contributed by atoms with Crippen LogP contribution in [0.25, 0.3) is 0 Å². The fraction of sp³-hybridized carbons (Fsp3) is 0.353. The highest BCUT2D eigenvalue weighted by Gasteiger charge is 2.35. The maximum Gasteiger partial charge on any atom is 0.273 e. The Kier molecular flexibility index (Phi) is 4.70. The molecule has 9 nitrogen and oxygen atoms in total. The van der Waals surface area contributed by atoms with Crippen LogP contribution in [-0.4, -0.2) is 39.4 Å². The molecule has 1 saturated carbocycles. The molecule has 9 heteroatoms. The Labute approximate surface area is 149 Å². The monoisotopic (exact) mass is 358 g/mol. The second-order valence-electron chi connectivity index (χ2n) is 6.29. The van der Waals surface area contributed by atoms with Crippen LogP contribution in [0, 0.1) is 24.0 Å². The first kappa shape index (κ1) is 17.6. The summed E-state index contributed by atoms with van der Waals surface area (Å²) >= 11 is 0. The molecule has 2 aromatic rings. The molecule has 1 fully saturated rings. The summed E-state index contributed by atoms with van der Waals surface area (Å²) < 4.78 is 4.88. The maximum atomic E-state index is 12.8. The van der Waals surface area contributed by atoms with E-state index in [-0.39, 0.29) is 29.7 Å². The maximum absolute atomic E-state index is 12.8. The summed E-state index contributed by atoms with van der Waals surface area (Å²) in [4.78, 5) is 37.0. The molecular weight excluding hydrogens is 340 g/mol. The zero-order chi connectivity index (χ0) is 18.8. The van der Waals surface area contributed by atoms with E-state index in [0.29, 0.717) is 11.3 Å². The average Bonchev–Trinajstić information content (AvgIpc) is 3.35. The largest absolute Gasteiger partial charge is 0.360 e. The van der Waals surface area contributed by atoms with Gasteiger partial charge >= 0.3 is 0 Å². The molecule has 1 aliphatic rings. The highest BCUT2D eigenvalue weighted by Crippen LogP contribution is 2.29. The van der Waals surface area contributed by atoms with E-state index in [4.69, 9.17) is 4.52 Å². The summed E-state index contributed by atoms with van der Waals surface area (Å²) in [6.45, 7) is 3.16. The van der Waals surface area contributed by atoms with Gasteiger partial charge in [-0.15, -0.1) is 0 Å². The van der Waals surface area contributed by atoms with Gasteiger partial charge < -0.3 is 14.7 Å². The van der Waals surface area contributed by atoms with Crippen molar-refractivity contribution in [1.82, 2.24) is 10.1 Å². The lowest BCUT2D eigenvalue weighted by molar-refractivity contribution is -0.385. The number of carbonyl (C=O) groups excluding carboxylic acids is 2. The Morgan fingerprint density at radius 1 is 1.35 bits per heavy atom. The molecule has 3 rings (SSSR count). The van der Waals surface area contributed by atoms with Gasteiger partial charge in [-0.1, -0.05) is 11.2 Å². The van der Waals surface area contributed by atoms with Gasteiger partial charge in [-0.05, 0) is 32.8 Å². The number of nitro benzene ring substituents is 1. The summed E-state index contributed by atoms with van der Waals surface area (Å²) in [5.41, 5.74) is 0.553. The number of nitrogens with one attached hydrogen (secondary N) is 1. The quantitative estimate of drug-likeness (QED) is 0.626. The minimum atomic E-state index is -0.521. The van der Waals surface area contributed by atoms with Crippen molar-refractivity contribution in [1.29, 1.82) is 0 Å². The van der Waals surface area contributed by atoms with Crippen LogP contribution in [0.15, 0.2) is 28.8 Å². The van der Waals surface area contributed by atoms with Gasteiger partial charge in [0.15, 0.2) is 5.82 Å². The second-order valence-corrected chi connectivity index (χ2v) is 6.29. The molecule has 0 spiro atoms. The van der Waals surface area contributed by atoms with E-state index in [9.17, 15) is 19.7 Å². The number of aromatic nitrogens is 1. The Bertz CT molecular complexity index is 872. The number of aryl methyl sites for hydroxylation is 2. The number of hydrogen-bond acceptors (Lipinski definition) is 6. The van der Waals surface area contributed by atoms with Crippen molar-refractivity contribution in [3.8, 4) is 0 Å². The summed E-state index contributed by atoms with van der Waals surface area (Å²) in [6.07, 6.45) is 1.60. The van der Waals surface area contributed by atoms with E-state index in [0.717, 1.165) is 12.8 Å². The second kappa shape index (κ2) is 6.95. The summed E-state index contributed by atoms with van der Waals surface area (Å²) in [5, 5.41) is 17.4. The number of nitrogens with zero attached hydrogens (tertiary/aromatic N) is 3. The molecule has 0 aliphatic heterocycles. The van der Waals surface area contributed by atoms with Crippen LogP contribution in [0.4, 0.5) is 11.5 Å². The molecule has 136 valence electrons. The molecule has 26 heavy (non-hydrogen) atoms. The van der Waals surface area contributed by atoms with Crippen molar-refractivity contribution < 1.29 is 19.0 Å². The highest BCUT2D eigenvalue weighted by molar-refractivity contribution is 5.99. The zero-order valence-electron chi connectivity index (χ0n) is 14.4. The van der Waals surface area contributed by atoms with Gasteiger partial charge in [0.05, 0.1) is 4.92 Å². The van der Waals surface area contributed by atoms with Gasteiger partial charge in [0.1, 0.15) is 12.3 Å². The third-order valence-electron chi connectivity index (χ3n) is 4.11. The van der Waals surface area contributed by atoms with Crippen LogP contribution in [0.5, 0.6) is 0 Å². The SMILES string of the molecule is Cc1cc(NC(=O)CN(C(=O)c2ccc(C)c([N+](=O)[O-])c2)C2CC2)no1. The van der Waals surface area contributed by atoms with E-state index in [1.54, 1.807) is 26.0 Å². The zero-order valence-corrected chi connectivity index (χ0v) is 14.4. The van der Waals surface area contributed by atoms with E-state index in [1.165, 1.54) is 17.0 Å². The summed E-state index contributed by atoms with van der Waals surface area (Å²) in [5.74, 6) is 0.0336. The van der Waals surface area contributed by atoms with E-state index >= 15 is 0 Å². The smallest absolute Gasteiger partial charge is 0.273 e. The van der Waals surface area contributed by atoms with Crippen LogP contribution in [0.3, 0.4) is 0 Å². The summed E-state index contributed by atoms with van der Waals surface area (Å²) in [6, 6.07) is 5.87. The van der Waals surface area contributed by atoms with Crippen LogP contribution < -0.4 is 5.32 Å². The number of hydrogen-bond donors (Lipinski definition) is 1.